The molecule has 0 spiro atoms. The minimum Gasteiger partial charge on any atom is -0.294 e. The van der Waals surface area contributed by atoms with Crippen molar-refractivity contribution in [2.24, 2.45) is 0 Å². The first kappa shape index (κ1) is 28.1. The molecule has 6 nitrogen and oxygen atoms in total. The molecule has 0 bridgehead atoms. The van der Waals surface area contributed by atoms with Crippen LogP contribution in [-0.2, 0) is 0 Å². The van der Waals surface area contributed by atoms with Gasteiger partial charge in [0.1, 0.15) is 11.3 Å². The molecule has 0 aliphatic carbocycles. The maximum absolute atomic E-state index is 5.15. The minimum absolute atomic E-state index is 0.817. The fourth-order valence-electron chi connectivity index (χ4n) is 7.21. The van der Waals surface area contributed by atoms with Crippen molar-refractivity contribution in [2.45, 2.75) is 0 Å². The van der Waals surface area contributed by atoms with Gasteiger partial charge in [-0.05, 0) is 96.1 Å². The van der Waals surface area contributed by atoms with Gasteiger partial charge in [-0.2, -0.15) is 0 Å². The molecule has 10 aromatic rings. The highest BCUT2D eigenvalue weighted by atomic mass is 15.1. The molecule has 0 radical (unpaired) electrons. The number of aromatic nitrogens is 6. The largest absolute Gasteiger partial charge is 0.294 e. The SMILES string of the molecule is c1ccc(-c2cc(-c3cccc(-n4c5ccccc5c5cccnc54)c3)cc(-c3ccc(-n4c5ccccc5c5cccnc54)cc3)n2)nc1. The van der Waals surface area contributed by atoms with Gasteiger partial charge in [0.15, 0.2) is 0 Å². The second-order valence-corrected chi connectivity index (χ2v) is 12.4. The molecular weight excluding hydrogens is 613 g/mol. The zero-order valence-corrected chi connectivity index (χ0v) is 26.8. The number of rotatable bonds is 5. The maximum atomic E-state index is 5.15. The summed E-state index contributed by atoms with van der Waals surface area (Å²) in [4.78, 5) is 19.4. The van der Waals surface area contributed by atoms with Crippen LogP contribution in [0.2, 0.25) is 0 Å². The summed E-state index contributed by atoms with van der Waals surface area (Å²) in [5.41, 5.74) is 11.9. The smallest absolute Gasteiger partial charge is 0.145 e. The van der Waals surface area contributed by atoms with Gasteiger partial charge < -0.3 is 0 Å². The number of nitrogens with zero attached hydrogens (tertiary/aromatic N) is 6. The quantitative estimate of drug-likeness (QED) is 0.188. The van der Waals surface area contributed by atoms with Gasteiger partial charge in [-0.25, -0.2) is 15.0 Å². The fourth-order valence-corrected chi connectivity index (χ4v) is 7.21. The zero-order valence-electron chi connectivity index (χ0n) is 26.8. The van der Waals surface area contributed by atoms with Crippen molar-refractivity contribution in [2.75, 3.05) is 0 Å². The van der Waals surface area contributed by atoms with Gasteiger partial charge in [-0.1, -0.05) is 66.7 Å². The van der Waals surface area contributed by atoms with Gasteiger partial charge in [0, 0.05) is 57.1 Å². The van der Waals surface area contributed by atoms with Crippen LogP contribution in [0.3, 0.4) is 0 Å². The van der Waals surface area contributed by atoms with E-state index < -0.39 is 0 Å². The van der Waals surface area contributed by atoms with Gasteiger partial charge in [0.05, 0.1) is 28.1 Å². The molecule has 6 aromatic heterocycles. The Morgan fingerprint density at radius 3 is 1.62 bits per heavy atom. The number of para-hydroxylation sites is 2. The van der Waals surface area contributed by atoms with Crippen molar-refractivity contribution in [1.29, 1.82) is 0 Å². The lowest BCUT2D eigenvalue weighted by Crippen LogP contribution is -1.97. The zero-order chi connectivity index (χ0) is 33.0. The van der Waals surface area contributed by atoms with Crippen LogP contribution in [0.15, 0.2) is 170 Å². The van der Waals surface area contributed by atoms with Crippen LogP contribution in [0, 0.1) is 0 Å². The molecule has 0 saturated carbocycles. The molecule has 0 fully saturated rings. The maximum Gasteiger partial charge on any atom is 0.145 e. The molecule has 6 heterocycles. The van der Waals surface area contributed by atoms with Crippen molar-refractivity contribution in [1.82, 2.24) is 29.1 Å². The molecule has 0 unspecified atom stereocenters. The average Bonchev–Trinajstić information content (AvgIpc) is 3.71. The summed E-state index contributed by atoms with van der Waals surface area (Å²) in [7, 11) is 0. The molecule has 234 valence electrons. The Hall–Kier alpha value is -6.92. The highest BCUT2D eigenvalue weighted by Gasteiger charge is 2.16. The molecule has 10 rings (SSSR count). The van der Waals surface area contributed by atoms with E-state index in [0.29, 0.717) is 0 Å². The number of hydrogen-bond donors (Lipinski definition) is 0. The first-order chi connectivity index (χ1) is 24.8. The highest BCUT2D eigenvalue weighted by molar-refractivity contribution is 6.08. The van der Waals surface area contributed by atoms with Gasteiger partial charge in [0.25, 0.3) is 0 Å². The predicted octanol–water partition coefficient (Wildman–Crippen LogP) is 10.5. The van der Waals surface area contributed by atoms with E-state index in [9.17, 15) is 0 Å². The van der Waals surface area contributed by atoms with E-state index in [1.54, 1.807) is 0 Å². The molecule has 0 aliphatic rings. The second kappa shape index (κ2) is 11.4. The van der Waals surface area contributed by atoms with Gasteiger partial charge in [-0.3, -0.25) is 14.1 Å². The molecule has 4 aromatic carbocycles. The van der Waals surface area contributed by atoms with E-state index in [1.807, 2.05) is 48.9 Å². The summed E-state index contributed by atoms with van der Waals surface area (Å²) in [6, 6.07) is 52.7. The third kappa shape index (κ3) is 4.50. The van der Waals surface area contributed by atoms with Gasteiger partial charge >= 0.3 is 0 Å². The van der Waals surface area contributed by atoms with E-state index in [4.69, 9.17) is 15.0 Å². The summed E-state index contributed by atoms with van der Waals surface area (Å²) < 4.78 is 4.48. The summed E-state index contributed by atoms with van der Waals surface area (Å²) in [5.74, 6) is 0. The summed E-state index contributed by atoms with van der Waals surface area (Å²) in [5, 5.41) is 4.65. The first-order valence-electron chi connectivity index (χ1n) is 16.6. The van der Waals surface area contributed by atoms with Crippen molar-refractivity contribution in [3.05, 3.63) is 170 Å². The third-order valence-corrected chi connectivity index (χ3v) is 9.48. The van der Waals surface area contributed by atoms with Crippen molar-refractivity contribution in [3.8, 4) is 45.1 Å². The molecule has 0 saturated heterocycles. The van der Waals surface area contributed by atoms with Crippen molar-refractivity contribution >= 4 is 43.9 Å². The topological polar surface area (TPSA) is 61.4 Å². The van der Waals surface area contributed by atoms with Crippen LogP contribution in [0.1, 0.15) is 0 Å². The van der Waals surface area contributed by atoms with E-state index in [1.165, 1.54) is 10.8 Å². The number of pyridine rings is 4. The Morgan fingerprint density at radius 1 is 0.340 bits per heavy atom. The molecule has 0 aliphatic heterocycles. The molecule has 50 heavy (non-hydrogen) atoms. The molecule has 0 N–H and O–H groups in total. The average molecular weight is 641 g/mol. The lowest BCUT2D eigenvalue weighted by molar-refractivity contribution is 1.13. The van der Waals surface area contributed by atoms with E-state index >= 15 is 0 Å². The van der Waals surface area contributed by atoms with Crippen LogP contribution in [0.4, 0.5) is 0 Å². The summed E-state index contributed by atoms with van der Waals surface area (Å²) in [6.07, 6.45) is 5.53. The number of hydrogen-bond acceptors (Lipinski definition) is 4. The summed E-state index contributed by atoms with van der Waals surface area (Å²) in [6.45, 7) is 0. The monoisotopic (exact) mass is 640 g/mol. The summed E-state index contributed by atoms with van der Waals surface area (Å²) >= 11 is 0. The number of benzene rings is 4. The fraction of sp³-hybridized carbons (Fsp3) is 0. The third-order valence-electron chi connectivity index (χ3n) is 9.48. The predicted molar refractivity (Wildman–Crippen MR) is 203 cm³/mol. The molecule has 6 heteroatoms. The Kier molecular flexibility index (Phi) is 6.39. The van der Waals surface area contributed by atoms with Crippen molar-refractivity contribution in [3.63, 3.8) is 0 Å². The second-order valence-electron chi connectivity index (χ2n) is 12.4. The van der Waals surface area contributed by atoms with Gasteiger partial charge in [-0.15, -0.1) is 0 Å². The first-order valence-corrected chi connectivity index (χ1v) is 16.6. The Balaban J connectivity index is 1.11. The van der Waals surface area contributed by atoms with Crippen LogP contribution < -0.4 is 0 Å². The van der Waals surface area contributed by atoms with Crippen LogP contribution in [0.25, 0.3) is 89.0 Å². The van der Waals surface area contributed by atoms with Crippen LogP contribution in [-0.4, -0.2) is 29.1 Å². The normalized spacial score (nSPS) is 11.6. The van der Waals surface area contributed by atoms with E-state index in [-0.39, 0.29) is 0 Å². The minimum atomic E-state index is 0.817. The van der Waals surface area contributed by atoms with Gasteiger partial charge in [0.2, 0.25) is 0 Å². The highest BCUT2D eigenvalue weighted by Crippen LogP contribution is 2.35. The van der Waals surface area contributed by atoms with Crippen molar-refractivity contribution < 1.29 is 0 Å². The molecular formula is C44H28N6. The van der Waals surface area contributed by atoms with E-state index in [0.717, 1.165) is 78.2 Å². The lowest BCUT2D eigenvalue weighted by Gasteiger charge is -2.13. The van der Waals surface area contributed by atoms with Crippen LogP contribution in [0.5, 0.6) is 0 Å². The number of fused-ring (bicyclic) bond motifs is 6. The molecule has 0 amide bonds. The van der Waals surface area contributed by atoms with Crippen LogP contribution >= 0.6 is 0 Å². The Bertz CT molecular complexity index is 2760. The lowest BCUT2D eigenvalue weighted by atomic mass is 10.0. The molecule has 0 atom stereocenters. The standard InChI is InChI=1S/C44H28N6/c1-3-17-41-34(12-1)36-14-8-24-46-43(36)49(41)32-21-19-29(20-22-32)39-27-31(28-40(48-39)38-16-5-6-23-45-38)30-10-7-11-33(26-30)50-42-18-4-2-13-35(42)37-15-9-25-47-44(37)50/h1-28H. The van der Waals surface area contributed by atoms with E-state index in [2.05, 4.69) is 135 Å². The Morgan fingerprint density at radius 2 is 0.940 bits per heavy atom. The Labute approximate surface area is 287 Å².